The Hall–Kier alpha value is -1.88. The highest BCUT2D eigenvalue weighted by Gasteiger charge is 2.13. The quantitative estimate of drug-likeness (QED) is 0.708. The van der Waals surface area contributed by atoms with Crippen molar-refractivity contribution >= 4 is 22.6 Å². The molecule has 0 aliphatic rings. The second-order valence-electron chi connectivity index (χ2n) is 6.50. The second-order valence-corrected chi connectivity index (χ2v) is 6.94. The Morgan fingerprint density at radius 2 is 1.84 bits per heavy atom. The lowest BCUT2D eigenvalue weighted by atomic mass is 10.1. The van der Waals surface area contributed by atoms with Crippen LogP contribution in [0, 0.1) is 13.8 Å². The molecule has 1 aromatic heterocycles. The number of hydrogen-bond acceptors (Lipinski definition) is 3. The number of ether oxygens (including phenoxy) is 1. The molecular weight excluding hydrogens is 336 g/mol. The minimum Gasteiger partial charge on any atom is -0.389 e. The van der Waals surface area contributed by atoms with Gasteiger partial charge in [-0.15, -0.1) is 0 Å². The minimum atomic E-state index is -0.603. The Kier molecular flexibility index (Phi) is 5.42. The highest BCUT2D eigenvalue weighted by atomic mass is 35.5. The van der Waals surface area contributed by atoms with Gasteiger partial charge >= 0.3 is 0 Å². The van der Waals surface area contributed by atoms with Crippen LogP contribution in [0.5, 0.6) is 0 Å². The molecule has 3 rings (SSSR count). The Morgan fingerprint density at radius 3 is 2.56 bits per heavy atom. The van der Waals surface area contributed by atoms with Crippen LogP contribution in [0.3, 0.4) is 0 Å². The van der Waals surface area contributed by atoms with Gasteiger partial charge in [-0.1, -0.05) is 23.7 Å². The molecule has 0 fully saturated rings. The van der Waals surface area contributed by atoms with E-state index in [1.165, 1.54) is 11.1 Å². The first-order chi connectivity index (χ1) is 11.9. The highest BCUT2D eigenvalue weighted by molar-refractivity contribution is 6.30. The number of fused-ring (bicyclic) bond motifs is 1. The van der Waals surface area contributed by atoms with Crippen LogP contribution in [0.1, 0.15) is 29.7 Å². The average Bonchev–Trinajstić information content (AvgIpc) is 2.95. The van der Waals surface area contributed by atoms with E-state index in [0.717, 1.165) is 16.6 Å². The van der Waals surface area contributed by atoms with Crippen molar-refractivity contribution in [3.05, 3.63) is 64.4 Å². The van der Waals surface area contributed by atoms with Crippen LogP contribution < -0.4 is 0 Å². The smallest absolute Gasteiger partial charge is 0.0959 e. The lowest BCUT2D eigenvalue weighted by molar-refractivity contribution is -0.00834. The average molecular weight is 359 g/mol. The molecule has 0 aliphatic heterocycles. The third kappa shape index (κ3) is 4.21. The van der Waals surface area contributed by atoms with Gasteiger partial charge in [-0.3, -0.25) is 0 Å². The molecule has 4 nitrogen and oxygen atoms in total. The zero-order chi connectivity index (χ0) is 18.0. The number of benzene rings is 2. The summed E-state index contributed by atoms with van der Waals surface area (Å²) in [5.41, 5.74) is 5.46. The standard InChI is InChI=1S/C20H23ClN2O2/c1-13-8-19-20(9-14(13)2)23(12-22-19)10-18(24)11-25-15(3)16-4-6-17(21)7-5-16/h4-9,12,15,18,24H,10-11H2,1-3H3/t15-,18+/m0/s1. The lowest BCUT2D eigenvalue weighted by Crippen LogP contribution is -2.22. The zero-order valence-corrected chi connectivity index (χ0v) is 15.5. The van der Waals surface area contributed by atoms with Crippen molar-refractivity contribution in [2.45, 2.75) is 39.5 Å². The molecule has 2 atom stereocenters. The summed E-state index contributed by atoms with van der Waals surface area (Å²) in [5.74, 6) is 0. The van der Waals surface area contributed by atoms with E-state index in [4.69, 9.17) is 16.3 Å². The fraction of sp³-hybridized carbons (Fsp3) is 0.350. The van der Waals surface area contributed by atoms with Gasteiger partial charge in [0.1, 0.15) is 0 Å². The van der Waals surface area contributed by atoms with Gasteiger partial charge in [-0.05, 0) is 61.7 Å². The molecule has 1 heterocycles. The number of nitrogens with zero attached hydrogens (tertiary/aromatic N) is 2. The van der Waals surface area contributed by atoms with Gasteiger partial charge in [0.2, 0.25) is 0 Å². The molecule has 0 unspecified atom stereocenters. The molecule has 25 heavy (non-hydrogen) atoms. The predicted octanol–water partition coefficient (Wildman–Crippen LogP) is 4.45. The normalized spacial score (nSPS) is 14.0. The zero-order valence-electron chi connectivity index (χ0n) is 14.7. The number of rotatable bonds is 6. The van der Waals surface area contributed by atoms with E-state index in [2.05, 4.69) is 31.0 Å². The number of aromatic nitrogens is 2. The van der Waals surface area contributed by atoms with Gasteiger partial charge in [0.25, 0.3) is 0 Å². The molecule has 0 saturated heterocycles. The van der Waals surface area contributed by atoms with Crippen LogP contribution in [-0.4, -0.2) is 27.4 Å². The fourth-order valence-corrected chi connectivity index (χ4v) is 2.95. The number of aliphatic hydroxyl groups excluding tert-OH is 1. The second kappa shape index (κ2) is 7.56. The lowest BCUT2D eigenvalue weighted by Gasteiger charge is -2.17. The van der Waals surface area contributed by atoms with E-state index < -0.39 is 6.10 Å². The van der Waals surface area contributed by atoms with Crippen LogP contribution in [0.25, 0.3) is 11.0 Å². The largest absolute Gasteiger partial charge is 0.389 e. The van der Waals surface area contributed by atoms with Crippen molar-refractivity contribution < 1.29 is 9.84 Å². The highest BCUT2D eigenvalue weighted by Crippen LogP contribution is 2.21. The summed E-state index contributed by atoms with van der Waals surface area (Å²) in [4.78, 5) is 4.42. The van der Waals surface area contributed by atoms with Crippen molar-refractivity contribution in [1.82, 2.24) is 9.55 Å². The van der Waals surface area contributed by atoms with Gasteiger partial charge in [0, 0.05) is 5.02 Å². The Morgan fingerprint density at radius 1 is 1.16 bits per heavy atom. The summed E-state index contributed by atoms with van der Waals surface area (Å²) in [6.07, 6.45) is 1.07. The predicted molar refractivity (Wildman–Crippen MR) is 101 cm³/mol. The van der Waals surface area contributed by atoms with Crippen molar-refractivity contribution in [2.24, 2.45) is 0 Å². The summed E-state index contributed by atoms with van der Waals surface area (Å²) in [5, 5.41) is 11.1. The molecule has 1 N–H and O–H groups in total. The number of imidazole rings is 1. The van der Waals surface area contributed by atoms with Gasteiger partial charge in [0.05, 0.1) is 42.7 Å². The molecule has 132 valence electrons. The summed E-state index contributed by atoms with van der Waals surface area (Å²) in [6.45, 7) is 6.84. The number of aliphatic hydroxyl groups is 1. The van der Waals surface area contributed by atoms with E-state index in [9.17, 15) is 5.11 Å². The van der Waals surface area contributed by atoms with Gasteiger partial charge in [-0.25, -0.2) is 4.98 Å². The third-order valence-electron chi connectivity index (χ3n) is 4.52. The maximum Gasteiger partial charge on any atom is 0.0959 e. The molecule has 3 aromatic rings. The van der Waals surface area contributed by atoms with Crippen LogP contribution in [0.4, 0.5) is 0 Å². The van der Waals surface area contributed by atoms with Crippen molar-refractivity contribution in [3.63, 3.8) is 0 Å². The van der Waals surface area contributed by atoms with Crippen LogP contribution in [-0.2, 0) is 11.3 Å². The summed E-state index contributed by atoms with van der Waals surface area (Å²) >= 11 is 5.90. The maximum absolute atomic E-state index is 10.3. The topological polar surface area (TPSA) is 47.3 Å². The molecule has 5 heteroatoms. The molecule has 0 bridgehead atoms. The fourth-order valence-electron chi connectivity index (χ4n) is 2.82. The molecule has 0 spiro atoms. The van der Waals surface area contributed by atoms with Gasteiger partial charge in [-0.2, -0.15) is 0 Å². The first-order valence-electron chi connectivity index (χ1n) is 8.41. The van der Waals surface area contributed by atoms with E-state index in [1.54, 1.807) is 6.33 Å². The monoisotopic (exact) mass is 358 g/mol. The van der Waals surface area contributed by atoms with Crippen molar-refractivity contribution in [1.29, 1.82) is 0 Å². The SMILES string of the molecule is Cc1cc2ncn(C[C@@H](O)CO[C@@H](C)c3ccc(Cl)cc3)c2cc1C. The molecule has 0 amide bonds. The van der Waals surface area contributed by atoms with Crippen LogP contribution >= 0.6 is 11.6 Å². The van der Waals surface area contributed by atoms with E-state index in [1.807, 2.05) is 35.8 Å². The first kappa shape index (κ1) is 17.9. The minimum absolute atomic E-state index is 0.101. The molecular formula is C20H23ClN2O2. The first-order valence-corrected chi connectivity index (χ1v) is 8.79. The Bertz CT molecular complexity index is 858. The van der Waals surface area contributed by atoms with E-state index >= 15 is 0 Å². The summed E-state index contributed by atoms with van der Waals surface area (Å²) in [6, 6.07) is 11.8. The van der Waals surface area contributed by atoms with Gasteiger partial charge in [0.15, 0.2) is 0 Å². The molecule has 0 aliphatic carbocycles. The van der Waals surface area contributed by atoms with Crippen LogP contribution in [0.2, 0.25) is 5.02 Å². The van der Waals surface area contributed by atoms with Gasteiger partial charge < -0.3 is 14.4 Å². The van der Waals surface area contributed by atoms with E-state index in [-0.39, 0.29) is 12.7 Å². The Balaban J connectivity index is 1.62. The molecule has 0 saturated carbocycles. The van der Waals surface area contributed by atoms with Crippen LogP contribution in [0.15, 0.2) is 42.7 Å². The maximum atomic E-state index is 10.3. The van der Waals surface area contributed by atoms with E-state index in [0.29, 0.717) is 11.6 Å². The van der Waals surface area contributed by atoms with Crippen molar-refractivity contribution in [2.75, 3.05) is 6.61 Å². The summed E-state index contributed by atoms with van der Waals surface area (Å²) in [7, 11) is 0. The molecule has 2 aromatic carbocycles. The third-order valence-corrected chi connectivity index (χ3v) is 4.77. The Labute approximate surface area is 153 Å². The number of aryl methyl sites for hydroxylation is 2. The number of hydrogen-bond donors (Lipinski definition) is 1. The van der Waals surface area contributed by atoms with Crippen molar-refractivity contribution in [3.8, 4) is 0 Å². The molecule has 0 radical (unpaired) electrons. The number of halogens is 1. The summed E-state index contributed by atoms with van der Waals surface area (Å²) < 4.78 is 7.78.